The number of esters is 1. The molecule has 1 aromatic rings. The number of benzene rings is 1. The fourth-order valence-corrected chi connectivity index (χ4v) is 27.4. The van der Waals surface area contributed by atoms with Crippen LogP contribution in [0.4, 0.5) is 0 Å². The fourth-order valence-electron chi connectivity index (χ4n) is 6.80. The van der Waals surface area contributed by atoms with E-state index in [0.29, 0.717) is 0 Å². The molecule has 3 rings (SSSR count). The minimum atomic E-state index is -2.42. The van der Waals surface area contributed by atoms with Gasteiger partial charge in [0.1, 0.15) is 0 Å². The van der Waals surface area contributed by atoms with Crippen molar-refractivity contribution in [1.29, 1.82) is 0 Å². The molecule has 0 bridgehead atoms. The molecule has 190 valence electrons. The quantitative estimate of drug-likeness (QED) is 0.184. The third-order valence-corrected chi connectivity index (χ3v) is 26.4. The average molecular weight is 573 g/mol. The molecule has 0 saturated heterocycles. The van der Waals surface area contributed by atoms with Crippen LogP contribution in [0.15, 0.2) is 36.4 Å². The van der Waals surface area contributed by atoms with E-state index < -0.39 is 24.0 Å². The van der Waals surface area contributed by atoms with Gasteiger partial charge in [0.05, 0.1) is 0 Å². The summed E-state index contributed by atoms with van der Waals surface area (Å²) in [4.78, 5) is 13.2. The van der Waals surface area contributed by atoms with Crippen LogP contribution in [-0.4, -0.2) is 29.9 Å². The summed E-state index contributed by atoms with van der Waals surface area (Å²) < 4.78 is 11.5. The zero-order chi connectivity index (χ0) is 24.8. The van der Waals surface area contributed by atoms with E-state index in [0.717, 1.165) is 16.8 Å². The first-order chi connectivity index (χ1) is 16.2. The van der Waals surface area contributed by atoms with Crippen LogP contribution < -0.4 is 0 Å². The standard InChI is InChI=1S/C19H23O2.3C4H9.Sn/c1-18(2,3)21-17(20)15-9-10-16(19(13-15)11-12-19)14-7-5-4-6-8-14;3*1-3-4-2;/h4-8,10-11,15H,9,12-13H2,1-3H3;3*1,3-4H2,2H3;/t15-,19+;;;;/m1..../s1. The Balaban J connectivity index is 1.98. The van der Waals surface area contributed by atoms with Gasteiger partial charge >= 0.3 is 215 Å². The number of hydrogen-bond donors (Lipinski definition) is 0. The minimum absolute atomic E-state index is 0.0178. The van der Waals surface area contributed by atoms with Crippen LogP contribution in [-0.2, 0) is 9.53 Å². The van der Waals surface area contributed by atoms with Gasteiger partial charge < -0.3 is 0 Å². The van der Waals surface area contributed by atoms with E-state index in [9.17, 15) is 4.79 Å². The Bertz CT molecular complexity index is 800. The van der Waals surface area contributed by atoms with Gasteiger partial charge in [0, 0.05) is 0 Å². The summed E-state index contributed by atoms with van der Waals surface area (Å²) in [6.45, 7) is 13.1. The molecule has 3 atom stereocenters. The molecule has 0 aliphatic heterocycles. The van der Waals surface area contributed by atoms with Crippen LogP contribution >= 0.6 is 0 Å². The van der Waals surface area contributed by atoms with E-state index in [1.165, 1.54) is 50.5 Å². The Morgan fingerprint density at radius 2 is 1.50 bits per heavy atom. The molecule has 2 aliphatic carbocycles. The fraction of sp³-hybridized carbons (Fsp3) is 0.710. The van der Waals surface area contributed by atoms with Gasteiger partial charge in [-0.25, -0.2) is 0 Å². The van der Waals surface area contributed by atoms with Crippen molar-refractivity contribution in [2.75, 3.05) is 0 Å². The second-order valence-corrected chi connectivity index (χ2v) is 26.3. The summed E-state index contributed by atoms with van der Waals surface area (Å²) in [6, 6.07) is 11.1. The molecule has 1 spiro atoms. The molecule has 1 saturated carbocycles. The average Bonchev–Trinajstić information content (AvgIpc) is 3.52. The van der Waals surface area contributed by atoms with Gasteiger partial charge in [-0.05, 0) is 0 Å². The summed E-state index contributed by atoms with van der Waals surface area (Å²) in [7, 11) is 0. The molecular formula is C31H50O2Sn. The molecule has 1 aromatic carbocycles. The number of carbonyl (C=O) groups excluding carboxylic acids is 1. The second-order valence-electron chi connectivity index (χ2n) is 12.2. The van der Waals surface area contributed by atoms with E-state index in [1.54, 1.807) is 18.9 Å². The molecule has 0 radical (unpaired) electrons. The summed E-state index contributed by atoms with van der Waals surface area (Å²) in [5, 5.41) is 0. The molecule has 2 aliphatic rings. The van der Waals surface area contributed by atoms with Gasteiger partial charge in [-0.15, -0.1) is 0 Å². The van der Waals surface area contributed by atoms with Crippen molar-refractivity contribution in [3.63, 3.8) is 0 Å². The predicted octanol–water partition coefficient (Wildman–Crippen LogP) is 9.43. The first-order valence-electron chi connectivity index (χ1n) is 14.2. The molecule has 3 heteroatoms. The monoisotopic (exact) mass is 574 g/mol. The number of rotatable bonds is 12. The van der Waals surface area contributed by atoms with E-state index in [4.69, 9.17) is 4.74 Å². The van der Waals surface area contributed by atoms with Crippen molar-refractivity contribution in [3.05, 3.63) is 42.0 Å². The second kappa shape index (κ2) is 12.0. The third-order valence-electron chi connectivity index (χ3n) is 8.48. The SMILES string of the molecule is CCC[CH2][Sn]([CH2]CCC)([CH2]CCC)[CH]1C[C@]12C[C@H](C(=O)OC(C)(C)C)CC=C2c1ccccc1. The molecule has 0 N–H and O–H groups in total. The van der Waals surface area contributed by atoms with Crippen LogP contribution in [0.5, 0.6) is 0 Å². The third kappa shape index (κ3) is 6.51. The Labute approximate surface area is 214 Å². The van der Waals surface area contributed by atoms with Crippen LogP contribution in [0.3, 0.4) is 0 Å². The van der Waals surface area contributed by atoms with Crippen molar-refractivity contribution in [1.82, 2.24) is 0 Å². The summed E-state index contributed by atoms with van der Waals surface area (Å²) in [5.41, 5.74) is 2.79. The van der Waals surface area contributed by atoms with Crippen molar-refractivity contribution in [3.8, 4) is 0 Å². The predicted molar refractivity (Wildman–Crippen MR) is 149 cm³/mol. The molecule has 0 heterocycles. The molecule has 0 amide bonds. The molecular weight excluding hydrogens is 523 g/mol. The molecule has 34 heavy (non-hydrogen) atoms. The molecule has 0 aromatic heterocycles. The Kier molecular flexibility index (Phi) is 9.80. The summed E-state index contributed by atoms with van der Waals surface area (Å²) in [5.74, 6) is 0.0431. The Hall–Kier alpha value is -0.771. The zero-order valence-electron chi connectivity index (χ0n) is 22.9. The maximum absolute atomic E-state index is 13.2. The topological polar surface area (TPSA) is 26.3 Å². The van der Waals surface area contributed by atoms with Crippen LogP contribution in [0, 0.1) is 11.3 Å². The molecule has 1 unspecified atom stereocenters. The Morgan fingerprint density at radius 1 is 0.941 bits per heavy atom. The summed E-state index contributed by atoms with van der Waals surface area (Å²) >= 11 is -2.42. The van der Waals surface area contributed by atoms with Gasteiger partial charge in [-0.2, -0.15) is 0 Å². The van der Waals surface area contributed by atoms with Gasteiger partial charge in [0.25, 0.3) is 0 Å². The zero-order valence-corrected chi connectivity index (χ0v) is 25.8. The van der Waals surface area contributed by atoms with Crippen LogP contribution in [0.25, 0.3) is 5.57 Å². The van der Waals surface area contributed by atoms with Crippen molar-refractivity contribution in [2.45, 2.75) is 122 Å². The van der Waals surface area contributed by atoms with Crippen LogP contribution in [0.2, 0.25) is 17.2 Å². The number of hydrogen-bond acceptors (Lipinski definition) is 2. The Morgan fingerprint density at radius 3 is 2.00 bits per heavy atom. The maximum atomic E-state index is 13.2. The molecule has 1 fully saturated rings. The number of ether oxygens (including phenoxy) is 1. The van der Waals surface area contributed by atoms with Gasteiger partial charge in [-0.1, -0.05) is 0 Å². The molecule has 2 nitrogen and oxygen atoms in total. The van der Waals surface area contributed by atoms with Crippen molar-refractivity contribution in [2.24, 2.45) is 11.3 Å². The van der Waals surface area contributed by atoms with Crippen LogP contribution in [0.1, 0.15) is 105 Å². The van der Waals surface area contributed by atoms with Gasteiger partial charge in [0.15, 0.2) is 0 Å². The number of allylic oxidation sites excluding steroid dienone is 2. The van der Waals surface area contributed by atoms with Gasteiger partial charge in [0.2, 0.25) is 0 Å². The van der Waals surface area contributed by atoms with Crippen molar-refractivity contribution >= 4 is 29.9 Å². The number of carbonyl (C=O) groups is 1. The normalized spacial score (nSPS) is 24.7. The first kappa shape index (κ1) is 27.8. The number of unbranched alkanes of at least 4 members (excludes halogenated alkanes) is 3. The van der Waals surface area contributed by atoms with E-state index in [2.05, 4.69) is 57.2 Å². The van der Waals surface area contributed by atoms with E-state index in [-0.39, 0.29) is 17.3 Å². The van der Waals surface area contributed by atoms with Crippen molar-refractivity contribution < 1.29 is 9.53 Å². The van der Waals surface area contributed by atoms with E-state index in [1.807, 2.05) is 20.8 Å². The van der Waals surface area contributed by atoms with Gasteiger partial charge in [-0.3, -0.25) is 0 Å². The van der Waals surface area contributed by atoms with E-state index >= 15 is 0 Å². The summed E-state index contributed by atoms with van der Waals surface area (Å²) in [6.07, 6.45) is 13.8. The first-order valence-corrected chi connectivity index (χ1v) is 21.9.